The molecule has 0 N–H and O–H groups in total. The van der Waals surface area contributed by atoms with Gasteiger partial charge in [-0.2, -0.15) is 0 Å². The van der Waals surface area contributed by atoms with E-state index in [0.29, 0.717) is 11.5 Å². The van der Waals surface area contributed by atoms with Crippen LogP contribution in [0.3, 0.4) is 0 Å². The van der Waals surface area contributed by atoms with Gasteiger partial charge in [-0.15, -0.1) is 0 Å². The first kappa shape index (κ1) is 13.1. The second kappa shape index (κ2) is 4.91. The van der Waals surface area contributed by atoms with E-state index in [4.69, 9.17) is 0 Å². The third-order valence-corrected chi connectivity index (χ3v) is 6.84. The molecule has 3 rings (SSSR count). The van der Waals surface area contributed by atoms with E-state index in [0.717, 1.165) is 6.42 Å². The number of hydrogen-bond acceptors (Lipinski definition) is 2. The van der Waals surface area contributed by atoms with E-state index in [1.807, 2.05) is 18.2 Å². The molecule has 2 aromatic rings. The van der Waals surface area contributed by atoms with Crippen LogP contribution >= 0.6 is 15.9 Å². The zero-order chi connectivity index (χ0) is 13.5. The molecule has 1 aliphatic heterocycles. The van der Waals surface area contributed by atoms with Crippen LogP contribution in [0.15, 0.2) is 42.5 Å². The number of rotatable bonds is 2. The molecule has 19 heavy (non-hydrogen) atoms. The summed E-state index contributed by atoms with van der Waals surface area (Å²) in [4.78, 5) is 0.107. The molecule has 100 valence electrons. The SMILES string of the molecule is O=S1(=O)CCC(C(Br)c2cccc3ccccc23)C1. The van der Waals surface area contributed by atoms with E-state index in [1.165, 1.54) is 16.3 Å². The minimum Gasteiger partial charge on any atom is -0.229 e. The monoisotopic (exact) mass is 338 g/mol. The van der Waals surface area contributed by atoms with Gasteiger partial charge in [0.05, 0.1) is 11.5 Å². The van der Waals surface area contributed by atoms with Gasteiger partial charge in [0.2, 0.25) is 0 Å². The van der Waals surface area contributed by atoms with E-state index in [9.17, 15) is 8.42 Å². The van der Waals surface area contributed by atoms with Gasteiger partial charge >= 0.3 is 0 Å². The molecule has 1 heterocycles. The lowest BCUT2D eigenvalue weighted by Crippen LogP contribution is -2.10. The fourth-order valence-corrected chi connectivity index (χ4v) is 5.74. The highest BCUT2D eigenvalue weighted by Gasteiger charge is 2.33. The maximum Gasteiger partial charge on any atom is 0.150 e. The number of hydrogen-bond donors (Lipinski definition) is 0. The van der Waals surface area contributed by atoms with Crippen molar-refractivity contribution in [1.29, 1.82) is 0 Å². The Balaban J connectivity index is 2.00. The summed E-state index contributed by atoms with van der Waals surface area (Å²) in [6.45, 7) is 0. The number of benzene rings is 2. The Kier molecular flexibility index (Phi) is 3.39. The standard InChI is InChI=1S/C15H15BrO2S/c16-15(12-8-9-19(17,18)10-12)14-7-3-5-11-4-1-2-6-13(11)14/h1-7,12,15H,8-10H2. The Hall–Kier alpha value is -0.870. The lowest BCUT2D eigenvalue weighted by molar-refractivity contribution is 0.581. The summed E-state index contributed by atoms with van der Waals surface area (Å²) >= 11 is 3.72. The van der Waals surface area contributed by atoms with Crippen LogP contribution in [0, 0.1) is 5.92 Å². The normalized spacial score (nSPS) is 23.5. The van der Waals surface area contributed by atoms with Crippen LogP contribution in [0.4, 0.5) is 0 Å². The molecule has 2 aromatic carbocycles. The average Bonchev–Trinajstić information content (AvgIpc) is 2.78. The van der Waals surface area contributed by atoms with Gasteiger partial charge in [-0.05, 0) is 28.7 Å². The maximum absolute atomic E-state index is 11.6. The van der Waals surface area contributed by atoms with E-state index < -0.39 is 9.84 Å². The van der Waals surface area contributed by atoms with Gasteiger partial charge in [-0.25, -0.2) is 8.42 Å². The van der Waals surface area contributed by atoms with Gasteiger partial charge in [-0.1, -0.05) is 58.4 Å². The van der Waals surface area contributed by atoms with Crippen molar-refractivity contribution < 1.29 is 8.42 Å². The summed E-state index contributed by atoms with van der Waals surface area (Å²) in [6.07, 6.45) is 0.751. The Bertz CT molecular complexity index is 704. The first-order valence-corrected chi connectivity index (χ1v) is 9.13. The average molecular weight is 339 g/mol. The van der Waals surface area contributed by atoms with E-state index >= 15 is 0 Å². The van der Waals surface area contributed by atoms with Gasteiger partial charge in [0, 0.05) is 4.83 Å². The van der Waals surface area contributed by atoms with Crippen LogP contribution in [-0.4, -0.2) is 19.9 Å². The smallest absolute Gasteiger partial charge is 0.150 e. The van der Waals surface area contributed by atoms with Gasteiger partial charge < -0.3 is 0 Å². The Morgan fingerprint density at radius 3 is 2.58 bits per heavy atom. The highest BCUT2D eigenvalue weighted by Crippen LogP contribution is 2.40. The van der Waals surface area contributed by atoms with E-state index in [-0.39, 0.29) is 10.7 Å². The summed E-state index contributed by atoms with van der Waals surface area (Å²) < 4.78 is 23.2. The molecule has 1 fully saturated rings. The second-order valence-corrected chi connectivity index (χ2v) is 8.35. The van der Waals surface area contributed by atoms with Crippen molar-refractivity contribution in [2.75, 3.05) is 11.5 Å². The number of alkyl halides is 1. The van der Waals surface area contributed by atoms with Gasteiger partial charge in [0.1, 0.15) is 0 Å². The Labute approximate surface area is 121 Å². The second-order valence-electron chi connectivity index (χ2n) is 5.13. The van der Waals surface area contributed by atoms with Gasteiger partial charge in [-0.3, -0.25) is 0 Å². The van der Waals surface area contributed by atoms with Gasteiger partial charge in [0.25, 0.3) is 0 Å². The lowest BCUT2D eigenvalue weighted by atomic mass is 9.94. The largest absolute Gasteiger partial charge is 0.229 e. The first-order chi connectivity index (χ1) is 9.07. The lowest BCUT2D eigenvalue weighted by Gasteiger charge is -2.18. The van der Waals surface area contributed by atoms with Crippen LogP contribution in [-0.2, 0) is 9.84 Å². The molecule has 0 bridgehead atoms. The zero-order valence-corrected chi connectivity index (χ0v) is 12.8. The third-order valence-electron chi connectivity index (χ3n) is 3.80. The summed E-state index contributed by atoms with van der Waals surface area (Å²) in [6, 6.07) is 14.4. The van der Waals surface area contributed by atoms with Crippen molar-refractivity contribution >= 4 is 36.5 Å². The van der Waals surface area contributed by atoms with Crippen molar-refractivity contribution in [3.8, 4) is 0 Å². The van der Waals surface area contributed by atoms with Gasteiger partial charge in [0.15, 0.2) is 9.84 Å². The highest BCUT2D eigenvalue weighted by atomic mass is 79.9. The molecule has 2 unspecified atom stereocenters. The molecule has 0 spiro atoms. The summed E-state index contributed by atoms with van der Waals surface area (Å²) in [7, 11) is -2.83. The highest BCUT2D eigenvalue weighted by molar-refractivity contribution is 9.09. The molecule has 0 amide bonds. The van der Waals surface area contributed by atoms with Crippen molar-refractivity contribution in [1.82, 2.24) is 0 Å². The molecule has 0 aromatic heterocycles. The minimum absolute atomic E-state index is 0.107. The van der Waals surface area contributed by atoms with Crippen LogP contribution in [0.25, 0.3) is 10.8 Å². The van der Waals surface area contributed by atoms with Crippen molar-refractivity contribution in [2.24, 2.45) is 5.92 Å². The molecule has 0 aliphatic carbocycles. The van der Waals surface area contributed by atoms with Crippen LogP contribution in [0.1, 0.15) is 16.8 Å². The van der Waals surface area contributed by atoms with Crippen LogP contribution < -0.4 is 0 Å². The number of sulfone groups is 1. The Morgan fingerprint density at radius 1 is 1.11 bits per heavy atom. The van der Waals surface area contributed by atoms with Crippen molar-refractivity contribution in [3.05, 3.63) is 48.0 Å². The van der Waals surface area contributed by atoms with Crippen molar-refractivity contribution in [3.63, 3.8) is 0 Å². The maximum atomic E-state index is 11.6. The molecular formula is C15H15BrO2S. The van der Waals surface area contributed by atoms with Crippen LogP contribution in [0.2, 0.25) is 0 Å². The molecule has 4 heteroatoms. The number of halogens is 1. The molecule has 0 radical (unpaired) electrons. The number of fused-ring (bicyclic) bond motifs is 1. The summed E-state index contributed by atoms with van der Waals surface area (Å²) in [5, 5.41) is 2.40. The fourth-order valence-electron chi connectivity index (χ4n) is 2.80. The third kappa shape index (κ3) is 2.56. The summed E-state index contributed by atoms with van der Waals surface area (Å²) in [5.74, 6) is 0.798. The summed E-state index contributed by atoms with van der Waals surface area (Å²) in [5.41, 5.74) is 1.19. The molecule has 1 aliphatic rings. The van der Waals surface area contributed by atoms with Crippen molar-refractivity contribution in [2.45, 2.75) is 11.2 Å². The molecule has 2 nitrogen and oxygen atoms in total. The molecule has 2 atom stereocenters. The molecule has 1 saturated heterocycles. The van der Waals surface area contributed by atoms with E-state index in [1.54, 1.807) is 0 Å². The predicted octanol–water partition coefficient (Wildman–Crippen LogP) is 3.71. The predicted molar refractivity (Wildman–Crippen MR) is 82.4 cm³/mol. The first-order valence-electron chi connectivity index (χ1n) is 6.39. The van der Waals surface area contributed by atoms with Crippen LogP contribution in [0.5, 0.6) is 0 Å². The topological polar surface area (TPSA) is 34.1 Å². The molecule has 0 saturated carbocycles. The molecular weight excluding hydrogens is 324 g/mol. The minimum atomic E-state index is -2.83. The zero-order valence-electron chi connectivity index (χ0n) is 10.4. The van der Waals surface area contributed by atoms with E-state index in [2.05, 4.69) is 40.2 Å². The quantitative estimate of drug-likeness (QED) is 0.782. The Morgan fingerprint density at radius 2 is 1.84 bits per heavy atom. The fraction of sp³-hybridized carbons (Fsp3) is 0.333.